The number of benzene rings is 1. The number of halogens is 1. The molecule has 0 unspecified atom stereocenters. The van der Waals surface area contributed by atoms with Crippen molar-refractivity contribution in [2.45, 2.75) is 17.4 Å². The fraction of sp³-hybridized carbons (Fsp3) is 0.438. The zero-order chi connectivity index (χ0) is 16.1. The monoisotopic (exact) mass is 378 g/mol. The third-order valence-electron chi connectivity index (χ3n) is 5.16. The summed E-state index contributed by atoms with van der Waals surface area (Å²) in [6.45, 7) is 0. The summed E-state index contributed by atoms with van der Waals surface area (Å²) in [5.41, 5.74) is 5.34. The Kier molecular flexibility index (Phi) is 3.41. The molecule has 2 bridgehead atoms. The maximum atomic E-state index is 12.5. The van der Waals surface area contributed by atoms with E-state index in [9.17, 15) is 14.4 Å². The van der Waals surface area contributed by atoms with E-state index < -0.39 is 5.92 Å². The van der Waals surface area contributed by atoms with Gasteiger partial charge in [-0.1, -0.05) is 34.1 Å². The van der Waals surface area contributed by atoms with Crippen LogP contribution in [0.4, 0.5) is 0 Å². The fourth-order valence-corrected chi connectivity index (χ4v) is 5.24. The molecule has 120 valence electrons. The van der Waals surface area contributed by atoms with Gasteiger partial charge in [-0.05, 0) is 24.5 Å². The van der Waals surface area contributed by atoms with Gasteiger partial charge in [0.15, 0.2) is 0 Å². The molecular formula is C16H15BrN2O4. The van der Waals surface area contributed by atoms with E-state index in [0.717, 1.165) is 6.42 Å². The molecule has 1 aromatic carbocycles. The number of ether oxygens (including phenoxy) is 1. The van der Waals surface area contributed by atoms with E-state index in [1.807, 2.05) is 6.07 Å². The van der Waals surface area contributed by atoms with E-state index >= 15 is 0 Å². The first-order chi connectivity index (χ1) is 11.1. The number of esters is 1. The van der Waals surface area contributed by atoms with Crippen LogP contribution >= 0.6 is 15.9 Å². The molecule has 1 aliphatic heterocycles. The Bertz CT molecular complexity index is 680. The number of carbonyl (C=O) groups is 3. The van der Waals surface area contributed by atoms with Crippen molar-refractivity contribution in [3.8, 4) is 0 Å². The molecule has 6 atom stereocenters. The van der Waals surface area contributed by atoms with E-state index in [2.05, 4.69) is 26.8 Å². The SMILES string of the molecule is O=C(NNC(=O)[C@@H]1[C@H]2C[C@H]3[C@H](OC(=O)[C@@H]31)[C@H]2Br)c1ccccc1. The lowest BCUT2D eigenvalue weighted by atomic mass is 9.79. The van der Waals surface area contributed by atoms with Crippen LogP contribution in [0.3, 0.4) is 0 Å². The molecule has 1 aromatic rings. The Morgan fingerprint density at radius 3 is 2.61 bits per heavy atom. The normalized spacial score (nSPS) is 36.7. The Hall–Kier alpha value is -1.89. The predicted octanol–water partition coefficient (Wildman–Crippen LogP) is 1.02. The summed E-state index contributed by atoms with van der Waals surface area (Å²) in [4.78, 5) is 36.5. The average Bonchev–Trinajstić information content (AvgIpc) is 3.17. The summed E-state index contributed by atoms with van der Waals surface area (Å²) in [5, 5.41) is 0. The third-order valence-corrected chi connectivity index (χ3v) is 6.36. The molecule has 4 rings (SSSR count). The van der Waals surface area contributed by atoms with Gasteiger partial charge in [0.1, 0.15) is 6.10 Å². The maximum Gasteiger partial charge on any atom is 0.310 e. The van der Waals surface area contributed by atoms with Crippen molar-refractivity contribution in [2.24, 2.45) is 23.7 Å². The van der Waals surface area contributed by atoms with Gasteiger partial charge < -0.3 is 4.74 Å². The van der Waals surface area contributed by atoms with Crippen LogP contribution in [-0.2, 0) is 14.3 Å². The Morgan fingerprint density at radius 1 is 1.13 bits per heavy atom. The summed E-state index contributed by atoms with van der Waals surface area (Å²) in [6, 6.07) is 8.62. The first-order valence-corrected chi connectivity index (χ1v) is 8.49. The molecule has 2 saturated carbocycles. The van der Waals surface area contributed by atoms with Gasteiger partial charge in [-0.2, -0.15) is 0 Å². The van der Waals surface area contributed by atoms with Crippen molar-refractivity contribution in [1.29, 1.82) is 0 Å². The smallest absolute Gasteiger partial charge is 0.310 e. The first-order valence-electron chi connectivity index (χ1n) is 7.57. The van der Waals surface area contributed by atoms with Gasteiger partial charge >= 0.3 is 5.97 Å². The Morgan fingerprint density at radius 2 is 1.87 bits per heavy atom. The van der Waals surface area contributed by atoms with Gasteiger partial charge in [-0.3, -0.25) is 25.2 Å². The number of nitrogens with one attached hydrogen (secondary N) is 2. The van der Waals surface area contributed by atoms with Gasteiger partial charge in [0, 0.05) is 11.5 Å². The van der Waals surface area contributed by atoms with Crippen LogP contribution < -0.4 is 10.9 Å². The van der Waals surface area contributed by atoms with Crippen LogP contribution in [0.15, 0.2) is 30.3 Å². The van der Waals surface area contributed by atoms with E-state index in [4.69, 9.17) is 4.74 Å². The molecule has 2 amide bonds. The topological polar surface area (TPSA) is 84.5 Å². The molecule has 0 radical (unpaired) electrons. The van der Waals surface area contributed by atoms with Crippen molar-refractivity contribution < 1.29 is 19.1 Å². The average molecular weight is 379 g/mol. The summed E-state index contributed by atoms with van der Waals surface area (Å²) >= 11 is 3.56. The molecule has 2 aliphatic carbocycles. The minimum Gasteiger partial charge on any atom is -0.461 e. The van der Waals surface area contributed by atoms with Crippen molar-refractivity contribution in [2.75, 3.05) is 0 Å². The number of alkyl halides is 1. The zero-order valence-electron chi connectivity index (χ0n) is 12.1. The van der Waals surface area contributed by atoms with Gasteiger partial charge in [0.05, 0.1) is 16.7 Å². The highest BCUT2D eigenvalue weighted by Gasteiger charge is 2.67. The highest BCUT2D eigenvalue weighted by molar-refractivity contribution is 9.09. The van der Waals surface area contributed by atoms with Crippen LogP contribution in [0.1, 0.15) is 16.8 Å². The summed E-state index contributed by atoms with van der Waals surface area (Å²) in [5.74, 6) is -1.66. The van der Waals surface area contributed by atoms with E-state index in [0.29, 0.717) is 5.56 Å². The lowest BCUT2D eigenvalue weighted by Gasteiger charge is -2.27. The zero-order valence-corrected chi connectivity index (χ0v) is 13.7. The number of carbonyl (C=O) groups excluding carboxylic acids is 3. The second kappa shape index (κ2) is 5.33. The van der Waals surface area contributed by atoms with Gasteiger partial charge in [0.25, 0.3) is 5.91 Å². The Balaban J connectivity index is 1.44. The molecule has 6 nitrogen and oxygen atoms in total. The number of rotatable bonds is 2. The number of hydrogen-bond acceptors (Lipinski definition) is 4. The van der Waals surface area contributed by atoms with Crippen molar-refractivity contribution in [3.63, 3.8) is 0 Å². The van der Waals surface area contributed by atoms with E-state index in [-0.39, 0.29) is 46.5 Å². The van der Waals surface area contributed by atoms with Crippen LogP contribution in [0.5, 0.6) is 0 Å². The van der Waals surface area contributed by atoms with Crippen LogP contribution in [0.2, 0.25) is 0 Å². The van der Waals surface area contributed by atoms with Crippen LogP contribution in [0, 0.1) is 23.7 Å². The standard InChI is InChI=1S/C16H15BrN2O4/c17-12-8-6-9-11(16(22)23-13(9)12)10(8)15(21)19-18-14(20)7-4-2-1-3-5-7/h1-5,8-13H,6H2,(H,18,20)(H,19,21)/t8-,9-,10-,11+,12+,13+/m1/s1. The lowest BCUT2D eigenvalue weighted by molar-refractivity contribution is -0.146. The van der Waals surface area contributed by atoms with Gasteiger partial charge in [0.2, 0.25) is 5.91 Å². The molecule has 1 saturated heterocycles. The molecule has 23 heavy (non-hydrogen) atoms. The third kappa shape index (κ3) is 2.17. The lowest BCUT2D eigenvalue weighted by Crippen LogP contribution is -2.49. The molecule has 3 fully saturated rings. The minimum atomic E-state index is -0.452. The first kappa shape index (κ1) is 14.7. The molecule has 2 N–H and O–H groups in total. The molecular weight excluding hydrogens is 364 g/mol. The van der Waals surface area contributed by atoms with Crippen LogP contribution in [-0.4, -0.2) is 28.7 Å². The van der Waals surface area contributed by atoms with E-state index in [1.165, 1.54) is 0 Å². The number of hydrogen-bond donors (Lipinski definition) is 2. The maximum absolute atomic E-state index is 12.5. The van der Waals surface area contributed by atoms with Gasteiger partial charge in [-0.25, -0.2) is 0 Å². The van der Waals surface area contributed by atoms with Crippen molar-refractivity contribution in [3.05, 3.63) is 35.9 Å². The highest BCUT2D eigenvalue weighted by Crippen LogP contribution is 2.59. The largest absolute Gasteiger partial charge is 0.461 e. The van der Waals surface area contributed by atoms with Crippen molar-refractivity contribution >= 4 is 33.7 Å². The number of amides is 2. The van der Waals surface area contributed by atoms with Crippen LogP contribution in [0.25, 0.3) is 0 Å². The van der Waals surface area contributed by atoms with E-state index in [1.54, 1.807) is 24.3 Å². The van der Waals surface area contributed by atoms with Gasteiger partial charge in [-0.15, -0.1) is 0 Å². The second-order valence-electron chi connectivity index (χ2n) is 6.27. The number of fused-ring (bicyclic) bond motifs is 1. The second-order valence-corrected chi connectivity index (χ2v) is 7.33. The molecule has 1 heterocycles. The Labute approximate surface area is 141 Å². The quantitative estimate of drug-likeness (QED) is 0.457. The molecule has 0 spiro atoms. The number of hydrazine groups is 1. The highest BCUT2D eigenvalue weighted by atomic mass is 79.9. The minimum absolute atomic E-state index is 0.00998. The summed E-state index contributed by atoms with van der Waals surface area (Å²) < 4.78 is 5.37. The fourth-order valence-electron chi connectivity index (χ4n) is 4.19. The molecule has 3 aliphatic rings. The summed E-state index contributed by atoms with van der Waals surface area (Å²) in [6.07, 6.45) is 0.697. The molecule has 7 heteroatoms. The van der Waals surface area contributed by atoms with Crippen molar-refractivity contribution in [1.82, 2.24) is 10.9 Å². The molecule has 0 aromatic heterocycles. The predicted molar refractivity (Wildman–Crippen MR) is 83.2 cm³/mol. The summed E-state index contributed by atoms with van der Waals surface area (Å²) in [7, 11) is 0.